The van der Waals surface area contributed by atoms with Crippen molar-refractivity contribution in [2.75, 3.05) is 6.61 Å². The van der Waals surface area contributed by atoms with Crippen molar-refractivity contribution >= 4 is 20.5 Å². The standard InChI is InChI=1S/C28H42N2O5Si/c1-7-8-9-10-20-11-13-21(14-12-20)15-16-22-18-30(27(33)29-26(22)32)25-17-23(31)24(35-25)19-34-36(5,6)28(2,3)4/h11-16,18,23-25,31H,7-10,17,19H2,1-6H3,(H,29,32,33)/b16-15+. The van der Waals surface area contributed by atoms with E-state index in [9.17, 15) is 15.0 Å². The zero-order valence-corrected chi connectivity index (χ0v) is 23.5. The molecule has 0 spiro atoms. The molecule has 3 rings (SSSR count). The summed E-state index contributed by atoms with van der Waals surface area (Å²) < 4.78 is 13.6. The van der Waals surface area contributed by atoms with Crippen LogP contribution < -0.4 is 5.69 Å². The van der Waals surface area contributed by atoms with Crippen molar-refractivity contribution < 1.29 is 19.4 Å². The molecule has 2 heterocycles. The summed E-state index contributed by atoms with van der Waals surface area (Å²) in [6.45, 7) is 13.3. The SMILES string of the molecule is CCCCCc1ccc(/C=C/c2cn(C3CC(O)C(CO[Si](C)(C)C(C)(C)C)O3)c(=O)nc2O)cc1. The van der Waals surface area contributed by atoms with Gasteiger partial charge >= 0.3 is 5.69 Å². The molecule has 0 amide bonds. The van der Waals surface area contributed by atoms with Gasteiger partial charge in [0, 0.05) is 12.6 Å². The van der Waals surface area contributed by atoms with Crippen LogP contribution in [-0.4, -0.2) is 46.9 Å². The minimum absolute atomic E-state index is 0.0460. The molecule has 0 bridgehead atoms. The van der Waals surface area contributed by atoms with E-state index >= 15 is 0 Å². The predicted molar refractivity (Wildman–Crippen MR) is 146 cm³/mol. The molecule has 2 N–H and O–H groups in total. The second-order valence-corrected chi connectivity index (χ2v) is 16.1. The summed E-state index contributed by atoms with van der Waals surface area (Å²) in [6, 6.07) is 8.33. The van der Waals surface area contributed by atoms with Crippen LogP contribution in [0.25, 0.3) is 12.2 Å². The third-order valence-electron chi connectivity index (χ3n) is 7.39. The van der Waals surface area contributed by atoms with Crippen molar-refractivity contribution in [3.8, 4) is 5.88 Å². The van der Waals surface area contributed by atoms with Gasteiger partial charge in [0.25, 0.3) is 0 Å². The van der Waals surface area contributed by atoms with Gasteiger partial charge in [0.05, 0.1) is 18.3 Å². The second-order valence-electron chi connectivity index (χ2n) is 11.2. The fourth-order valence-corrected chi connectivity index (χ4v) is 4.92. The van der Waals surface area contributed by atoms with Crippen LogP contribution in [0.5, 0.6) is 5.88 Å². The Morgan fingerprint density at radius 3 is 2.53 bits per heavy atom. The number of aryl methyl sites for hydroxylation is 1. The van der Waals surface area contributed by atoms with Crippen LogP contribution in [0.1, 0.15) is 76.3 Å². The molecule has 0 radical (unpaired) electrons. The molecule has 7 nitrogen and oxygen atoms in total. The van der Waals surface area contributed by atoms with Gasteiger partial charge in [-0.25, -0.2) is 4.79 Å². The van der Waals surface area contributed by atoms with Crippen molar-refractivity contribution in [3.05, 3.63) is 57.6 Å². The summed E-state index contributed by atoms with van der Waals surface area (Å²) in [6.07, 6.45) is 8.13. The predicted octanol–water partition coefficient (Wildman–Crippen LogP) is 5.52. The summed E-state index contributed by atoms with van der Waals surface area (Å²) >= 11 is 0. The summed E-state index contributed by atoms with van der Waals surface area (Å²) in [5.41, 5.74) is 2.08. The van der Waals surface area contributed by atoms with Gasteiger partial charge in [-0.2, -0.15) is 4.98 Å². The fraction of sp³-hybridized carbons (Fsp3) is 0.571. The molecule has 3 unspecified atom stereocenters. The van der Waals surface area contributed by atoms with Gasteiger partial charge in [0.15, 0.2) is 8.32 Å². The van der Waals surface area contributed by atoms with Crippen LogP contribution in [-0.2, 0) is 15.6 Å². The Kier molecular flexibility index (Phi) is 9.32. The highest BCUT2D eigenvalue weighted by Crippen LogP contribution is 2.37. The summed E-state index contributed by atoms with van der Waals surface area (Å²) in [5, 5.41) is 20.9. The van der Waals surface area contributed by atoms with Crippen molar-refractivity contribution in [2.45, 2.75) is 96.4 Å². The van der Waals surface area contributed by atoms with Gasteiger partial charge in [-0.05, 0) is 48.2 Å². The van der Waals surface area contributed by atoms with Crippen molar-refractivity contribution in [3.63, 3.8) is 0 Å². The summed E-state index contributed by atoms with van der Waals surface area (Å²) in [7, 11) is -2.00. The highest BCUT2D eigenvalue weighted by molar-refractivity contribution is 6.74. The molecule has 1 saturated heterocycles. The molecule has 0 saturated carbocycles. The van der Waals surface area contributed by atoms with Gasteiger partial charge in [-0.15, -0.1) is 0 Å². The lowest BCUT2D eigenvalue weighted by atomic mass is 10.0. The van der Waals surface area contributed by atoms with Crippen LogP contribution in [0.4, 0.5) is 0 Å². The minimum atomic E-state index is -2.00. The zero-order valence-electron chi connectivity index (χ0n) is 22.5. The van der Waals surface area contributed by atoms with Gasteiger partial charge < -0.3 is 19.4 Å². The van der Waals surface area contributed by atoms with E-state index in [2.05, 4.69) is 57.9 Å². The molecule has 1 aliphatic heterocycles. The number of nitrogens with zero attached hydrogens (tertiary/aromatic N) is 2. The highest BCUT2D eigenvalue weighted by atomic mass is 28.4. The largest absolute Gasteiger partial charge is 0.493 e. The van der Waals surface area contributed by atoms with Crippen LogP contribution in [0.3, 0.4) is 0 Å². The number of benzene rings is 1. The second kappa shape index (κ2) is 11.9. The maximum Gasteiger partial charge on any atom is 0.353 e. The maximum atomic E-state index is 12.5. The molecular weight excluding hydrogens is 472 g/mol. The van der Waals surface area contributed by atoms with Gasteiger partial charge in [0.1, 0.15) is 12.3 Å². The Balaban J connectivity index is 1.70. The normalized spacial score (nSPS) is 20.9. The summed E-state index contributed by atoms with van der Waals surface area (Å²) in [4.78, 5) is 16.3. The number of unbranched alkanes of at least 4 members (excludes halogenated alkanes) is 2. The number of rotatable bonds is 10. The Morgan fingerprint density at radius 1 is 1.19 bits per heavy atom. The smallest absolute Gasteiger partial charge is 0.353 e. The molecule has 36 heavy (non-hydrogen) atoms. The number of hydrogen-bond donors (Lipinski definition) is 2. The Hall–Kier alpha value is -2.26. The third kappa shape index (κ3) is 7.15. The Morgan fingerprint density at radius 2 is 1.89 bits per heavy atom. The van der Waals surface area contributed by atoms with Crippen molar-refractivity contribution in [1.29, 1.82) is 0 Å². The van der Waals surface area contributed by atoms with E-state index in [-0.39, 0.29) is 23.9 Å². The van der Waals surface area contributed by atoms with Crippen LogP contribution in [0, 0.1) is 0 Å². The first kappa shape index (κ1) is 28.3. The van der Waals surface area contributed by atoms with Crippen LogP contribution in [0.15, 0.2) is 35.3 Å². The molecule has 1 fully saturated rings. The monoisotopic (exact) mass is 514 g/mol. The quantitative estimate of drug-likeness (QED) is 0.320. The number of hydrogen-bond acceptors (Lipinski definition) is 6. The molecule has 1 aromatic carbocycles. The third-order valence-corrected chi connectivity index (χ3v) is 11.9. The summed E-state index contributed by atoms with van der Waals surface area (Å²) in [5.74, 6) is -0.333. The van der Waals surface area contributed by atoms with Crippen LogP contribution in [0.2, 0.25) is 18.1 Å². The molecular formula is C28H42N2O5Si. The van der Waals surface area contributed by atoms with E-state index in [1.165, 1.54) is 35.6 Å². The first-order valence-corrected chi connectivity index (χ1v) is 15.9. The van der Waals surface area contributed by atoms with E-state index in [0.29, 0.717) is 5.56 Å². The average molecular weight is 515 g/mol. The molecule has 8 heteroatoms. The lowest BCUT2D eigenvalue weighted by molar-refractivity contribution is -0.0433. The van der Waals surface area contributed by atoms with E-state index < -0.39 is 32.4 Å². The van der Waals surface area contributed by atoms with E-state index in [4.69, 9.17) is 9.16 Å². The lowest BCUT2D eigenvalue weighted by Crippen LogP contribution is -2.43. The topological polar surface area (TPSA) is 93.8 Å². The van der Waals surface area contributed by atoms with Crippen molar-refractivity contribution in [1.82, 2.24) is 9.55 Å². The Bertz CT molecular complexity index is 1090. The van der Waals surface area contributed by atoms with E-state index in [1.807, 2.05) is 18.2 Å². The van der Waals surface area contributed by atoms with Crippen LogP contribution >= 0.6 is 0 Å². The van der Waals surface area contributed by atoms with E-state index in [0.717, 1.165) is 12.0 Å². The highest BCUT2D eigenvalue weighted by Gasteiger charge is 2.41. The number of aliphatic hydroxyl groups is 1. The molecule has 2 aromatic rings. The molecule has 198 valence electrons. The molecule has 0 aliphatic carbocycles. The average Bonchev–Trinajstić information content (AvgIpc) is 3.17. The molecule has 3 atom stereocenters. The van der Waals surface area contributed by atoms with Gasteiger partial charge in [-0.3, -0.25) is 4.57 Å². The molecule has 1 aromatic heterocycles. The maximum absolute atomic E-state index is 12.5. The Labute approximate surface area is 215 Å². The first-order chi connectivity index (χ1) is 16.9. The number of ether oxygens (including phenoxy) is 1. The van der Waals surface area contributed by atoms with Gasteiger partial charge in [-0.1, -0.05) is 70.9 Å². The number of aromatic hydroxyl groups is 1. The zero-order chi connectivity index (χ0) is 26.5. The van der Waals surface area contributed by atoms with E-state index in [1.54, 1.807) is 6.08 Å². The first-order valence-electron chi connectivity index (χ1n) is 13.0. The van der Waals surface area contributed by atoms with Crippen molar-refractivity contribution in [2.24, 2.45) is 0 Å². The van der Waals surface area contributed by atoms with Gasteiger partial charge in [0.2, 0.25) is 5.88 Å². The number of aliphatic hydroxyl groups excluding tert-OH is 1. The fourth-order valence-electron chi connectivity index (χ4n) is 3.90. The lowest BCUT2D eigenvalue weighted by Gasteiger charge is -2.37. The number of aromatic nitrogens is 2. The minimum Gasteiger partial charge on any atom is -0.493 e. The molecule has 1 aliphatic rings.